The van der Waals surface area contributed by atoms with Gasteiger partial charge in [-0.3, -0.25) is 0 Å². The SMILES string of the molecule is CC1CC=CC(c2c(Cl)ccc3c2O[C@@H](CN)CO3)=C1C(F)(F)F. The van der Waals surface area contributed by atoms with Crippen LogP contribution >= 0.6 is 11.6 Å². The van der Waals surface area contributed by atoms with E-state index in [1.54, 1.807) is 19.1 Å². The third-order valence-electron chi connectivity index (χ3n) is 4.17. The molecule has 0 saturated heterocycles. The lowest BCUT2D eigenvalue weighted by atomic mass is 9.84. The van der Waals surface area contributed by atoms with Crippen molar-refractivity contribution in [2.24, 2.45) is 11.7 Å². The van der Waals surface area contributed by atoms with Crippen molar-refractivity contribution >= 4 is 17.2 Å². The Balaban J connectivity index is 2.23. The van der Waals surface area contributed by atoms with Crippen LogP contribution in [0.3, 0.4) is 0 Å². The van der Waals surface area contributed by atoms with Crippen LogP contribution in [0.2, 0.25) is 5.02 Å². The van der Waals surface area contributed by atoms with Gasteiger partial charge in [-0.2, -0.15) is 13.2 Å². The number of hydrogen-bond acceptors (Lipinski definition) is 3. The number of ether oxygens (including phenoxy) is 2. The second kappa shape index (κ2) is 6.33. The van der Waals surface area contributed by atoms with Crippen molar-refractivity contribution in [3.63, 3.8) is 0 Å². The number of hydrogen-bond donors (Lipinski definition) is 1. The van der Waals surface area contributed by atoms with E-state index in [1.807, 2.05) is 0 Å². The van der Waals surface area contributed by atoms with E-state index < -0.39 is 23.8 Å². The Hall–Kier alpha value is -1.66. The number of nitrogens with two attached hydrogens (primary N) is 1. The highest BCUT2D eigenvalue weighted by molar-refractivity contribution is 6.33. The number of allylic oxidation sites excluding steroid dienone is 4. The highest BCUT2D eigenvalue weighted by atomic mass is 35.5. The molecule has 0 radical (unpaired) electrons. The van der Waals surface area contributed by atoms with Gasteiger partial charge in [0, 0.05) is 17.7 Å². The van der Waals surface area contributed by atoms with Crippen molar-refractivity contribution in [2.75, 3.05) is 13.2 Å². The van der Waals surface area contributed by atoms with Crippen LogP contribution in [0, 0.1) is 5.92 Å². The Kier molecular flexibility index (Phi) is 4.53. The Morgan fingerprint density at radius 3 is 2.75 bits per heavy atom. The van der Waals surface area contributed by atoms with Gasteiger partial charge in [-0.15, -0.1) is 0 Å². The first-order valence-electron chi connectivity index (χ1n) is 7.63. The summed E-state index contributed by atoms with van der Waals surface area (Å²) in [6.45, 7) is 2.00. The van der Waals surface area contributed by atoms with Crippen LogP contribution < -0.4 is 15.2 Å². The summed E-state index contributed by atoms with van der Waals surface area (Å²) >= 11 is 6.25. The smallest absolute Gasteiger partial charge is 0.413 e. The third-order valence-corrected chi connectivity index (χ3v) is 4.49. The maximum atomic E-state index is 13.6. The number of fused-ring (bicyclic) bond motifs is 1. The molecule has 24 heavy (non-hydrogen) atoms. The van der Waals surface area contributed by atoms with E-state index in [9.17, 15) is 13.2 Å². The first-order chi connectivity index (χ1) is 11.3. The molecule has 0 fully saturated rings. The monoisotopic (exact) mass is 359 g/mol. The lowest BCUT2D eigenvalue weighted by Gasteiger charge is -2.30. The van der Waals surface area contributed by atoms with Gasteiger partial charge < -0.3 is 15.2 Å². The summed E-state index contributed by atoms with van der Waals surface area (Å²) < 4.78 is 52.2. The predicted octanol–water partition coefficient (Wildman–Crippen LogP) is 4.35. The van der Waals surface area contributed by atoms with Crippen molar-refractivity contribution in [1.29, 1.82) is 0 Å². The van der Waals surface area contributed by atoms with Crippen molar-refractivity contribution < 1.29 is 22.6 Å². The zero-order valence-electron chi connectivity index (χ0n) is 13.0. The van der Waals surface area contributed by atoms with Crippen molar-refractivity contribution in [3.8, 4) is 11.5 Å². The number of rotatable bonds is 2. The maximum absolute atomic E-state index is 13.6. The average Bonchev–Trinajstić information content (AvgIpc) is 2.52. The van der Waals surface area contributed by atoms with Crippen LogP contribution in [-0.4, -0.2) is 25.4 Å². The van der Waals surface area contributed by atoms with Gasteiger partial charge in [-0.1, -0.05) is 30.7 Å². The first kappa shape index (κ1) is 17.2. The van der Waals surface area contributed by atoms with Gasteiger partial charge in [0.2, 0.25) is 0 Å². The minimum Gasteiger partial charge on any atom is -0.486 e. The molecule has 3 nitrogen and oxygen atoms in total. The van der Waals surface area contributed by atoms with Gasteiger partial charge >= 0.3 is 6.18 Å². The zero-order chi connectivity index (χ0) is 17.5. The topological polar surface area (TPSA) is 44.5 Å². The fourth-order valence-electron chi connectivity index (χ4n) is 3.03. The molecule has 2 N–H and O–H groups in total. The molecule has 0 saturated carbocycles. The van der Waals surface area contributed by atoms with E-state index in [4.69, 9.17) is 26.8 Å². The van der Waals surface area contributed by atoms with Crippen LogP contribution in [-0.2, 0) is 0 Å². The summed E-state index contributed by atoms with van der Waals surface area (Å²) in [5, 5.41) is 0.186. The molecule has 0 amide bonds. The van der Waals surface area contributed by atoms with Gasteiger partial charge in [0.05, 0.1) is 5.02 Å². The van der Waals surface area contributed by atoms with Crippen molar-refractivity contribution in [1.82, 2.24) is 0 Å². The Labute approximate surface area is 142 Å². The van der Waals surface area contributed by atoms with E-state index in [1.165, 1.54) is 12.1 Å². The molecule has 1 unspecified atom stereocenters. The average molecular weight is 360 g/mol. The highest BCUT2D eigenvalue weighted by Crippen LogP contribution is 2.49. The largest absolute Gasteiger partial charge is 0.486 e. The van der Waals surface area contributed by atoms with Crippen LogP contribution in [0.5, 0.6) is 11.5 Å². The Bertz CT molecular complexity index is 713. The molecule has 1 aromatic carbocycles. The molecule has 1 aliphatic carbocycles. The van der Waals surface area contributed by atoms with E-state index >= 15 is 0 Å². The molecular weight excluding hydrogens is 343 g/mol. The summed E-state index contributed by atoms with van der Waals surface area (Å²) in [5.41, 5.74) is 5.25. The van der Waals surface area contributed by atoms with E-state index in [-0.39, 0.29) is 35.1 Å². The maximum Gasteiger partial charge on any atom is 0.413 e. The zero-order valence-corrected chi connectivity index (χ0v) is 13.7. The molecule has 3 rings (SSSR count). The molecule has 1 heterocycles. The molecule has 1 aromatic rings. The van der Waals surface area contributed by atoms with Crippen LogP contribution in [0.25, 0.3) is 5.57 Å². The number of benzene rings is 1. The van der Waals surface area contributed by atoms with E-state index in [0.717, 1.165) is 0 Å². The van der Waals surface area contributed by atoms with Crippen LogP contribution in [0.15, 0.2) is 29.9 Å². The Morgan fingerprint density at radius 1 is 1.33 bits per heavy atom. The Morgan fingerprint density at radius 2 is 2.08 bits per heavy atom. The fraction of sp³-hybridized carbons (Fsp3) is 0.412. The standard InChI is InChI=1S/C17H17ClF3NO2/c1-9-3-2-4-11(15(9)17(19,20)21)14-12(18)5-6-13-16(14)24-10(7-22)8-23-13/h2,4-6,9-10H,3,7-8,22H2,1H3/t9?,10-/m0/s1. The predicted molar refractivity (Wildman–Crippen MR) is 86.3 cm³/mol. The molecule has 0 aromatic heterocycles. The van der Waals surface area contributed by atoms with E-state index in [0.29, 0.717) is 12.2 Å². The minimum absolute atomic E-state index is 0.0318. The molecule has 2 aliphatic rings. The van der Waals surface area contributed by atoms with Gasteiger partial charge in [-0.25, -0.2) is 0 Å². The van der Waals surface area contributed by atoms with Crippen LogP contribution in [0.4, 0.5) is 13.2 Å². The van der Waals surface area contributed by atoms with Gasteiger partial charge in [0.25, 0.3) is 0 Å². The number of halogens is 4. The first-order valence-corrected chi connectivity index (χ1v) is 8.01. The third kappa shape index (κ3) is 3.00. The summed E-state index contributed by atoms with van der Waals surface area (Å²) in [7, 11) is 0. The normalized spacial score (nSPS) is 23.6. The van der Waals surface area contributed by atoms with Gasteiger partial charge in [0.15, 0.2) is 11.5 Å². The lowest BCUT2D eigenvalue weighted by Crippen LogP contribution is -2.36. The molecule has 7 heteroatoms. The molecule has 2 atom stereocenters. The highest BCUT2D eigenvalue weighted by Gasteiger charge is 2.41. The van der Waals surface area contributed by atoms with Crippen LogP contribution in [0.1, 0.15) is 18.9 Å². The summed E-state index contributed by atoms with van der Waals surface area (Å²) in [5.74, 6) is -0.0637. The fourth-order valence-corrected chi connectivity index (χ4v) is 3.28. The summed E-state index contributed by atoms with van der Waals surface area (Å²) in [6, 6.07) is 3.12. The van der Waals surface area contributed by atoms with Gasteiger partial charge in [-0.05, 0) is 30.0 Å². The van der Waals surface area contributed by atoms with Gasteiger partial charge in [0.1, 0.15) is 12.7 Å². The molecule has 0 spiro atoms. The minimum atomic E-state index is -4.45. The quantitative estimate of drug-likeness (QED) is 0.853. The summed E-state index contributed by atoms with van der Waals surface area (Å²) in [6.07, 6.45) is -1.37. The van der Waals surface area contributed by atoms with Crippen molar-refractivity contribution in [2.45, 2.75) is 25.6 Å². The van der Waals surface area contributed by atoms with E-state index in [2.05, 4.69) is 0 Å². The second-order valence-corrected chi connectivity index (χ2v) is 6.31. The van der Waals surface area contributed by atoms with Crippen molar-refractivity contribution in [3.05, 3.63) is 40.4 Å². The molecule has 0 bridgehead atoms. The lowest BCUT2D eigenvalue weighted by molar-refractivity contribution is -0.0976. The molecule has 130 valence electrons. The number of alkyl halides is 3. The molecular formula is C17H17ClF3NO2. The second-order valence-electron chi connectivity index (χ2n) is 5.90. The summed E-state index contributed by atoms with van der Waals surface area (Å²) in [4.78, 5) is 0. The molecule has 1 aliphatic heterocycles.